The van der Waals surface area contributed by atoms with E-state index in [1.165, 1.54) is 0 Å². The molecule has 1 N–H and O–H groups in total. The van der Waals surface area contributed by atoms with Crippen LogP contribution in [-0.4, -0.2) is 25.7 Å². The highest BCUT2D eigenvalue weighted by Gasteiger charge is 2.50. The molecule has 1 heterocycles. The molecule has 22 heavy (non-hydrogen) atoms. The van der Waals surface area contributed by atoms with Crippen LogP contribution in [0.4, 0.5) is 26.7 Å². The van der Waals surface area contributed by atoms with E-state index < -0.39 is 42.0 Å². The van der Waals surface area contributed by atoms with E-state index in [9.17, 15) is 26.7 Å². The summed E-state index contributed by atoms with van der Waals surface area (Å²) >= 11 is 0. The van der Waals surface area contributed by atoms with E-state index in [-0.39, 0.29) is 18.2 Å². The predicted molar refractivity (Wildman–Crippen MR) is 67.4 cm³/mol. The van der Waals surface area contributed by atoms with Crippen molar-refractivity contribution in [2.75, 3.05) is 13.7 Å². The lowest BCUT2D eigenvalue weighted by molar-refractivity contribution is -0.141. The van der Waals surface area contributed by atoms with Gasteiger partial charge in [-0.3, -0.25) is 0 Å². The van der Waals surface area contributed by atoms with Crippen LogP contribution >= 0.6 is 12.4 Å². The van der Waals surface area contributed by atoms with Gasteiger partial charge in [0.2, 0.25) is 0 Å². The van der Waals surface area contributed by atoms with Crippen molar-refractivity contribution in [2.24, 2.45) is 0 Å². The van der Waals surface area contributed by atoms with Crippen LogP contribution in [0, 0.1) is 0 Å². The molecule has 10 heteroatoms. The van der Waals surface area contributed by atoms with Gasteiger partial charge < -0.3 is 14.8 Å². The number of rotatable bonds is 2. The van der Waals surface area contributed by atoms with Crippen molar-refractivity contribution in [3.05, 3.63) is 29.3 Å². The van der Waals surface area contributed by atoms with Crippen LogP contribution in [0.15, 0.2) is 18.2 Å². The van der Waals surface area contributed by atoms with E-state index in [1.807, 2.05) is 0 Å². The molecule has 1 aliphatic rings. The number of cyclic esters (lactones) is 1. The minimum Gasteiger partial charge on any atom is -0.497 e. The molecular weight excluding hydrogens is 337 g/mol. The topological polar surface area (TPSA) is 47.6 Å². The molecule has 124 valence electrons. The summed E-state index contributed by atoms with van der Waals surface area (Å²) in [6.07, 6.45) is -6.07. The second-order valence-electron chi connectivity index (χ2n) is 4.37. The van der Waals surface area contributed by atoms with Crippen LogP contribution < -0.4 is 10.1 Å². The van der Waals surface area contributed by atoms with Crippen molar-refractivity contribution < 1.29 is 36.2 Å². The first-order chi connectivity index (χ1) is 9.65. The Hall–Kier alpha value is -1.77. The van der Waals surface area contributed by atoms with Gasteiger partial charge in [-0.1, -0.05) is 6.07 Å². The molecule has 1 aliphatic heterocycles. The molecule has 1 aromatic rings. The third-order valence-electron chi connectivity index (χ3n) is 2.96. The van der Waals surface area contributed by atoms with Crippen molar-refractivity contribution in [3.63, 3.8) is 0 Å². The minimum atomic E-state index is -4.87. The summed E-state index contributed by atoms with van der Waals surface area (Å²) < 4.78 is 75.3. The Morgan fingerprint density at radius 3 is 2.55 bits per heavy atom. The fraction of sp³-hybridized carbons (Fsp3) is 0.417. The van der Waals surface area contributed by atoms with Gasteiger partial charge in [-0.05, 0) is 17.7 Å². The first-order valence-electron chi connectivity index (χ1n) is 5.71. The van der Waals surface area contributed by atoms with Gasteiger partial charge in [0.15, 0.2) is 6.61 Å². The number of methoxy groups -OCH3 is 1. The van der Waals surface area contributed by atoms with E-state index in [4.69, 9.17) is 0 Å². The monoisotopic (exact) mass is 347 g/mol. The minimum absolute atomic E-state index is 0. The van der Waals surface area contributed by atoms with Gasteiger partial charge in [0.25, 0.3) is 0 Å². The van der Waals surface area contributed by atoms with Gasteiger partial charge in [-0.15, -0.1) is 12.4 Å². The number of amides is 1. The number of benzene rings is 1. The smallest absolute Gasteiger partial charge is 0.416 e. The Kier molecular flexibility index (Phi) is 5.11. The zero-order chi connectivity index (χ0) is 15.8. The lowest BCUT2D eigenvalue weighted by atomic mass is 9.94. The molecule has 1 fully saturated rings. The Bertz CT molecular complexity index is 564. The van der Waals surface area contributed by atoms with Crippen LogP contribution in [0.5, 0.6) is 5.75 Å². The molecule has 0 spiro atoms. The number of alkyl carbamates (subject to hydrolysis) is 1. The summed E-state index contributed by atoms with van der Waals surface area (Å²) in [6.45, 7) is -1.28. The lowest BCUT2D eigenvalue weighted by Crippen LogP contribution is -2.50. The molecule has 1 atom stereocenters. The molecule has 0 saturated carbocycles. The zero-order valence-corrected chi connectivity index (χ0v) is 11.9. The molecule has 0 bridgehead atoms. The highest BCUT2D eigenvalue weighted by atomic mass is 35.5. The second kappa shape index (κ2) is 6.15. The SMILES string of the molecule is COc1ccc([C@H]2NC(=O)OCC2(F)F)c(C(F)(F)F)c1.Cl. The number of hydrogen-bond donors (Lipinski definition) is 1. The summed E-state index contributed by atoms with van der Waals surface area (Å²) in [5.74, 6) is -3.80. The Morgan fingerprint density at radius 1 is 1.36 bits per heavy atom. The van der Waals surface area contributed by atoms with E-state index in [0.717, 1.165) is 19.2 Å². The first-order valence-corrected chi connectivity index (χ1v) is 5.71. The van der Waals surface area contributed by atoms with E-state index in [1.54, 1.807) is 5.32 Å². The van der Waals surface area contributed by atoms with Crippen LogP contribution in [0.25, 0.3) is 0 Å². The van der Waals surface area contributed by atoms with Crippen molar-refractivity contribution in [1.29, 1.82) is 0 Å². The maximum atomic E-state index is 13.7. The average Bonchev–Trinajstić information content (AvgIpc) is 2.40. The summed E-state index contributed by atoms with van der Waals surface area (Å²) in [5.41, 5.74) is -2.04. The molecule has 1 saturated heterocycles. The quantitative estimate of drug-likeness (QED) is 0.832. The number of ether oxygens (including phenoxy) is 2. The van der Waals surface area contributed by atoms with E-state index in [0.29, 0.717) is 6.07 Å². The number of nitrogens with one attached hydrogen (secondary N) is 1. The third-order valence-corrected chi connectivity index (χ3v) is 2.96. The predicted octanol–water partition coefficient (Wildman–Crippen LogP) is 3.55. The molecule has 4 nitrogen and oxygen atoms in total. The summed E-state index contributed by atoms with van der Waals surface area (Å²) in [5, 5.41) is 1.72. The van der Waals surface area contributed by atoms with E-state index in [2.05, 4.69) is 9.47 Å². The summed E-state index contributed by atoms with van der Waals surface area (Å²) in [7, 11) is 1.15. The number of hydrogen-bond acceptors (Lipinski definition) is 3. The molecule has 1 amide bonds. The van der Waals surface area contributed by atoms with Gasteiger partial charge in [0.05, 0.1) is 12.7 Å². The number of carbonyl (C=O) groups excluding carboxylic acids is 1. The van der Waals surface area contributed by atoms with Crippen molar-refractivity contribution in [2.45, 2.75) is 18.1 Å². The Balaban J connectivity index is 0.00000242. The number of carbonyl (C=O) groups is 1. The van der Waals surface area contributed by atoms with Crippen LogP contribution in [-0.2, 0) is 10.9 Å². The van der Waals surface area contributed by atoms with Gasteiger partial charge in [0.1, 0.15) is 11.8 Å². The standard InChI is InChI=1S/C12H10F5NO3.ClH/c1-20-6-2-3-7(8(4-6)12(15,16)17)9-11(13,14)5-21-10(19)18-9;/h2-4,9H,5H2,1H3,(H,18,19);1H/t9-;/m1./s1. The maximum absolute atomic E-state index is 13.7. The number of halogens is 6. The lowest BCUT2D eigenvalue weighted by Gasteiger charge is -2.33. The second-order valence-corrected chi connectivity index (χ2v) is 4.37. The highest BCUT2D eigenvalue weighted by molar-refractivity contribution is 5.85. The Morgan fingerprint density at radius 2 is 2.00 bits per heavy atom. The fourth-order valence-corrected chi connectivity index (χ4v) is 1.98. The molecule has 1 aromatic carbocycles. The normalized spacial score (nSPS) is 20.5. The molecule has 2 rings (SSSR count). The van der Waals surface area contributed by atoms with Crippen molar-refractivity contribution >= 4 is 18.5 Å². The fourth-order valence-electron chi connectivity index (χ4n) is 1.98. The van der Waals surface area contributed by atoms with Crippen molar-refractivity contribution in [3.8, 4) is 5.75 Å². The van der Waals surface area contributed by atoms with Crippen LogP contribution in [0.1, 0.15) is 17.2 Å². The first kappa shape index (κ1) is 18.3. The van der Waals surface area contributed by atoms with Gasteiger partial charge in [-0.25, -0.2) is 13.6 Å². The molecule has 0 radical (unpaired) electrons. The van der Waals surface area contributed by atoms with Crippen LogP contribution in [0.2, 0.25) is 0 Å². The van der Waals surface area contributed by atoms with Crippen LogP contribution in [0.3, 0.4) is 0 Å². The maximum Gasteiger partial charge on any atom is 0.416 e. The number of alkyl halides is 5. The molecule has 0 unspecified atom stereocenters. The van der Waals surface area contributed by atoms with Crippen molar-refractivity contribution in [1.82, 2.24) is 5.32 Å². The largest absolute Gasteiger partial charge is 0.497 e. The summed E-state index contributed by atoms with van der Waals surface area (Å²) in [4.78, 5) is 11.0. The van der Waals surface area contributed by atoms with Gasteiger partial charge in [0, 0.05) is 0 Å². The zero-order valence-electron chi connectivity index (χ0n) is 11.0. The van der Waals surface area contributed by atoms with Gasteiger partial charge in [-0.2, -0.15) is 13.2 Å². The van der Waals surface area contributed by atoms with Gasteiger partial charge >= 0.3 is 18.2 Å². The van der Waals surface area contributed by atoms with E-state index >= 15 is 0 Å². The Labute approximate surface area is 128 Å². The molecular formula is C12H11ClF5NO3. The average molecular weight is 348 g/mol. The summed E-state index contributed by atoms with van der Waals surface area (Å²) in [6, 6.07) is 0.447. The highest BCUT2D eigenvalue weighted by Crippen LogP contribution is 2.42. The molecule has 0 aromatic heterocycles. The molecule has 0 aliphatic carbocycles. The third kappa shape index (κ3) is 3.52.